The molecule has 5 nitrogen and oxygen atoms in total. The van der Waals surface area contributed by atoms with Gasteiger partial charge in [0.25, 0.3) is 0 Å². The van der Waals surface area contributed by atoms with Gasteiger partial charge in [-0.2, -0.15) is 5.10 Å². The Balaban J connectivity index is 1.66. The van der Waals surface area contributed by atoms with Crippen LogP contribution < -0.4 is 4.74 Å². The van der Waals surface area contributed by atoms with Crippen LogP contribution in [0.5, 0.6) is 5.75 Å². The number of hydrogen-bond donors (Lipinski definition) is 1. The van der Waals surface area contributed by atoms with Crippen molar-refractivity contribution in [3.05, 3.63) is 65.5 Å². The van der Waals surface area contributed by atoms with Crippen LogP contribution >= 0.6 is 0 Å². The molecule has 0 saturated carbocycles. The molecular formula is C31H40N4O. The highest BCUT2D eigenvalue weighted by atomic mass is 16.5. The number of H-pyrrole nitrogens is 1. The number of benzene rings is 2. The van der Waals surface area contributed by atoms with E-state index in [0.717, 1.165) is 49.4 Å². The highest BCUT2D eigenvalue weighted by molar-refractivity contribution is 5.85. The number of fused-ring (bicyclic) bond motifs is 2. The number of aromatic nitrogens is 3. The van der Waals surface area contributed by atoms with E-state index in [1.165, 1.54) is 33.5 Å². The Bertz CT molecular complexity index is 1360. The lowest BCUT2D eigenvalue weighted by Gasteiger charge is -2.32. The average molecular weight is 485 g/mol. The van der Waals surface area contributed by atoms with Crippen molar-refractivity contribution in [3.63, 3.8) is 0 Å². The zero-order valence-electron chi connectivity index (χ0n) is 22.7. The van der Waals surface area contributed by atoms with E-state index in [2.05, 4.69) is 98.6 Å². The fourth-order valence-corrected chi connectivity index (χ4v) is 5.26. The minimum Gasteiger partial charge on any atom is -0.491 e. The number of hydrogen-bond acceptors (Lipinski definition) is 3. The van der Waals surface area contributed by atoms with Crippen LogP contribution in [0.25, 0.3) is 27.8 Å². The molecule has 1 N–H and O–H groups in total. The Labute approximate surface area is 215 Å². The topological polar surface area (TPSA) is 46.1 Å². The molecular weight excluding hydrogens is 444 g/mol. The molecule has 0 fully saturated rings. The van der Waals surface area contributed by atoms with E-state index in [4.69, 9.17) is 9.84 Å². The molecule has 4 aromatic rings. The standard InChI is InChI=1S/C31H40N4O/c1-7-21(2)19-36-28-10-8-9-22(3)29(28)35-30(24-12-11-23-13-15-32-27(23)17-24)25-18-34(20-31(4,5)6)16-14-26(25)33-35/h8-13,15,17,21,32H,7,14,16,18-20H2,1-6H3. The van der Waals surface area contributed by atoms with E-state index in [0.29, 0.717) is 12.5 Å². The maximum atomic E-state index is 6.42. The molecule has 190 valence electrons. The van der Waals surface area contributed by atoms with Gasteiger partial charge in [0.05, 0.1) is 18.0 Å². The summed E-state index contributed by atoms with van der Waals surface area (Å²) in [6.45, 7) is 17.3. The van der Waals surface area contributed by atoms with E-state index in [-0.39, 0.29) is 5.41 Å². The van der Waals surface area contributed by atoms with E-state index in [1.54, 1.807) is 0 Å². The first kappa shape index (κ1) is 24.6. The maximum Gasteiger partial charge on any atom is 0.145 e. The largest absolute Gasteiger partial charge is 0.491 e. The van der Waals surface area contributed by atoms with Crippen molar-refractivity contribution in [3.8, 4) is 22.7 Å². The summed E-state index contributed by atoms with van der Waals surface area (Å²) in [6.07, 6.45) is 4.07. The second-order valence-corrected chi connectivity index (χ2v) is 11.7. The van der Waals surface area contributed by atoms with Crippen molar-refractivity contribution >= 4 is 10.9 Å². The quantitative estimate of drug-likeness (QED) is 0.303. The first-order valence-corrected chi connectivity index (χ1v) is 13.4. The van der Waals surface area contributed by atoms with Crippen molar-refractivity contribution in [1.29, 1.82) is 0 Å². The molecule has 0 spiro atoms. The third-order valence-electron chi connectivity index (χ3n) is 7.27. The van der Waals surface area contributed by atoms with Gasteiger partial charge in [0.2, 0.25) is 0 Å². The summed E-state index contributed by atoms with van der Waals surface area (Å²) in [7, 11) is 0. The van der Waals surface area contributed by atoms with Crippen LogP contribution in [0.4, 0.5) is 0 Å². The normalized spacial score (nSPS) is 15.3. The molecule has 1 aliphatic heterocycles. The van der Waals surface area contributed by atoms with Crippen LogP contribution in [0.1, 0.15) is 57.9 Å². The van der Waals surface area contributed by atoms with Gasteiger partial charge in [0.1, 0.15) is 11.4 Å². The van der Waals surface area contributed by atoms with Crippen molar-refractivity contribution in [2.45, 2.75) is 60.9 Å². The molecule has 0 bridgehead atoms. The molecule has 0 aliphatic carbocycles. The molecule has 1 atom stereocenters. The van der Waals surface area contributed by atoms with Crippen LogP contribution in [0.15, 0.2) is 48.7 Å². The monoisotopic (exact) mass is 484 g/mol. The summed E-state index contributed by atoms with van der Waals surface area (Å²) in [4.78, 5) is 5.98. The van der Waals surface area contributed by atoms with Gasteiger partial charge in [-0.15, -0.1) is 0 Å². The van der Waals surface area contributed by atoms with Gasteiger partial charge in [-0.25, -0.2) is 4.68 Å². The Morgan fingerprint density at radius 3 is 2.75 bits per heavy atom. The maximum absolute atomic E-state index is 6.42. The first-order valence-electron chi connectivity index (χ1n) is 13.4. The van der Waals surface area contributed by atoms with Gasteiger partial charge in [0.15, 0.2) is 0 Å². The lowest BCUT2D eigenvalue weighted by molar-refractivity contribution is 0.176. The summed E-state index contributed by atoms with van der Waals surface area (Å²) in [6, 6.07) is 15.2. The van der Waals surface area contributed by atoms with Crippen LogP contribution in [0, 0.1) is 18.3 Å². The Kier molecular flexibility index (Phi) is 6.69. The van der Waals surface area contributed by atoms with Gasteiger partial charge >= 0.3 is 0 Å². The van der Waals surface area contributed by atoms with E-state index < -0.39 is 0 Å². The predicted octanol–water partition coefficient (Wildman–Crippen LogP) is 7.16. The predicted molar refractivity (Wildman–Crippen MR) is 149 cm³/mol. The van der Waals surface area contributed by atoms with Crippen molar-refractivity contribution < 1.29 is 4.74 Å². The van der Waals surface area contributed by atoms with Crippen molar-refractivity contribution in [1.82, 2.24) is 19.7 Å². The fraction of sp³-hybridized carbons (Fsp3) is 0.452. The van der Waals surface area contributed by atoms with E-state index >= 15 is 0 Å². The summed E-state index contributed by atoms with van der Waals surface area (Å²) in [5.41, 5.74) is 8.54. The molecule has 0 radical (unpaired) electrons. The summed E-state index contributed by atoms with van der Waals surface area (Å²) in [5, 5.41) is 6.49. The molecule has 1 unspecified atom stereocenters. The Hall–Kier alpha value is -3.05. The molecule has 0 amide bonds. The van der Waals surface area contributed by atoms with Crippen LogP contribution in [0.3, 0.4) is 0 Å². The number of nitrogens with one attached hydrogen (secondary N) is 1. The van der Waals surface area contributed by atoms with Gasteiger partial charge in [-0.3, -0.25) is 4.90 Å². The molecule has 5 heteroatoms. The van der Waals surface area contributed by atoms with Gasteiger partial charge in [-0.05, 0) is 47.4 Å². The number of para-hydroxylation sites is 1. The van der Waals surface area contributed by atoms with Crippen LogP contribution in [-0.4, -0.2) is 39.4 Å². The zero-order valence-corrected chi connectivity index (χ0v) is 22.7. The summed E-state index contributed by atoms with van der Waals surface area (Å²) in [5.74, 6) is 1.41. The van der Waals surface area contributed by atoms with Crippen molar-refractivity contribution in [2.75, 3.05) is 19.7 Å². The number of aromatic amines is 1. The van der Waals surface area contributed by atoms with E-state index in [9.17, 15) is 0 Å². The number of rotatable bonds is 7. The number of aryl methyl sites for hydroxylation is 1. The molecule has 0 saturated heterocycles. The lowest BCUT2D eigenvalue weighted by atomic mass is 9.93. The van der Waals surface area contributed by atoms with Gasteiger partial charge < -0.3 is 9.72 Å². The molecule has 1 aliphatic rings. The van der Waals surface area contributed by atoms with Gasteiger partial charge in [-0.1, -0.05) is 65.3 Å². The second kappa shape index (κ2) is 9.78. The van der Waals surface area contributed by atoms with E-state index in [1.807, 2.05) is 6.20 Å². The zero-order chi connectivity index (χ0) is 25.4. The minimum atomic E-state index is 0.254. The van der Waals surface area contributed by atoms with Crippen molar-refractivity contribution in [2.24, 2.45) is 11.3 Å². The summed E-state index contributed by atoms with van der Waals surface area (Å²) >= 11 is 0. The third kappa shape index (κ3) is 4.94. The number of nitrogens with zero attached hydrogens (tertiary/aromatic N) is 3. The molecule has 36 heavy (non-hydrogen) atoms. The number of ether oxygens (including phenoxy) is 1. The smallest absolute Gasteiger partial charge is 0.145 e. The molecule has 5 rings (SSSR count). The highest BCUT2D eigenvalue weighted by Gasteiger charge is 2.29. The van der Waals surface area contributed by atoms with Crippen LogP contribution in [-0.2, 0) is 13.0 Å². The summed E-state index contributed by atoms with van der Waals surface area (Å²) < 4.78 is 8.59. The molecule has 2 aromatic carbocycles. The Morgan fingerprint density at radius 2 is 1.97 bits per heavy atom. The SMILES string of the molecule is CCC(C)COc1cccc(C)c1-n1nc2c(c1-c1ccc3cc[nH]c3c1)CN(CC(C)(C)C)CC2. The highest BCUT2D eigenvalue weighted by Crippen LogP contribution is 2.38. The first-order chi connectivity index (χ1) is 17.2. The average Bonchev–Trinajstić information content (AvgIpc) is 3.45. The lowest BCUT2D eigenvalue weighted by Crippen LogP contribution is -2.36. The minimum absolute atomic E-state index is 0.254. The molecule has 2 aromatic heterocycles. The molecule has 3 heterocycles. The van der Waals surface area contributed by atoms with Gasteiger partial charge in [0, 0.05) is 48.9 Å². The van der Waals surface area contributed by atoms with Crippen LogP contribution in [0.2, 0.25) is 0 Å². The fourth-order valence-electron chi connectivity index (χ4n) is 5.26. The second-order valence-electron chi connectivity index (χ2n) is 11.7. The third-order valence-corrected chi connectivity index (χ3v) is 7.27. The Morgan fingerprint density at radius 1 is 1.14 bits per heavy atom.